The van der Waals surface area contributed by atoms with E-state index in [0.717, 1.165) is 37.0 Å². The van der Waals surface area contributed by atoms with Gasteiger partial charge in [-0.25, -0.2) is 4.79 Å². The van der Waals surface area contributed by atoms with Crippen molar-refractivity contribution in [3.63, 3.8) is 0 Å². The number of hydrogen-bond acceptors (Lipinski definition) is 4. The number of piperidine rings is 1. The van der Waals surface area contributed by atoms with Gasteiger partial charge in [0.25, 0.3) is 0 Å². The van der Waals surface area contributed by atoms with Gasteiger partial charge >= 0.3 is 6.09 Å². The fourth-order valence-corrected chi connectivity index (χ4v) is 4.44. The summed E-state index contributed by atoms with van der Waals surface area (Å²) in [5, 5.41) is 21.6. The monoisotopic (exact) mass is 427 g/mol. The number of methoxy groups -OCH3 is 1. The zero-order valence-corrected chi connectivity index (χ0v) is 18.4. The first-order chi connectivity index (χ1) is 15.0. The van der Waals surface area contributed by atoms with E-state index in [0.29, 0.717) is 37.4 Å². The molecule has 6 heteroatoms. The first-order valence-corrected chi connectivity index (χ1v) is 11.0. The van der Waals surface area contributed by atoms with Crippen molar-refractivity contribution in [3.05, 3.63) is 59.7 Å². The van der Waals surface area contributed by atoms with Crippen LogP contribution < -0.4 is 4.74 Å². The molecule has 6 nitrogen and oxygen atoms in total. The number of hydrogen-bond donors (Lipinski definition) is 2. The highest BCUT2D eigenvalue weighted by Gasteiger charge is 2.42. The molecule has 2 unspecified atom stereocenters. The SMILES string of the molecule is COCCCCC(O)(c1ccccc1Oc1ccccc1C)C1CCCN(C(=O)O)C1. The van der Waals surface area contributed by atoms with E-state index < -0.39 is 11.7 Å². The fraction of sp³-hybridized carbons (Fsp3) is 0.480. The maximum absolute atomic E-state index is 12.1. The summed E-state index contributed by atoms with van der Waals surface area (Å²) in [6.45, 7) is 3.44. The van der Waals surface area contributed by atoms with E-state index in [9.17, 15) is 15.0 Å². The van der Waals surface area contributed by atoms with Crippen LogP contribution in [-0.4, -0.2) is 48.0 Å². The van der Waals surface area contributed by atoms with E-state index >= 15 is 0 Å². The summed E-state index contributed by atoms with van der Waals surface area (Å²) in [5.74, 6) is 1.15. The summed E-state index contributed by atoms with van der Waals surface area (Å²) in [7, 11) is 1.67. The Labute approximate surface area is 184 Å². The van der Waals surface area contributed by atoms with Gasteiger partial charge in [-0.15, -0.1) is 0 Å². The average Bonchev–Trinajstić information content (AvgIpc) is 2.78. The molecule has 31 heavy (non-hydrogen) atoms. The van der Waals surface area contributed by atoms with Crippen LogP contribution in [0.15, 0.2) is 48.5 Å². The number of para-hydroxylation sites is 2. The van der Waals surface area contributed by atoms with Crippen molar-refractivity contribution in [2.45, 2.75) is 44.6 Å². The number of likely N-dealkylation sites (tertiary alicyclic amines) is 1. The third-order valence-corrected chi connectivity index (χ3v) is 6.19. The second-order valence-corrected chi connectivity index (χ2v) is 8.31. The molecule has 1 fully saturated rings. The predicted octanol–water partition coefficient (Wildman–Crippen LogP) is 5.18. The minimum atomic E-state index is -1.19. The summed E-state index contributed by atoms with van der Waals surface area (Å²) in [6, 6.07) is 15.4. The normalized spacial score (nSPS) is 18.4. The Balaban J connectivity index is 1.95. The Morgan fingerprint density at radius 1 is 1.13 bits per heavy atom. The summed E-state index contributed by atoms with van der Waals surface area (Å²) < 4.78 is 11.4. The molecule has 2 aromatic rings. The number of carboxylic acid groups (broad SMARTS) is 1. The number of nitrogens with zero attached hydrogens (tertiary/aromatic N) is 1. The van der Waals surface area contributed by atoms with E-state index in [4.69, 9.17) is 9.47 Å². The first-order valence-electron chi connectivity index (χ1n) is 11.0. The molecule has 1 amide bonds. The van der Waals surface area contributed by atoms with Gasteiger partial charge in [0.2, 0.25) is 0 Å². The Bertz CT molecular complexity index is 870. The van der Waals surface area contributed by atoms with Crippen molar-refractivity contribution in [2.75, 3.05) is 26.8 Å². The van der Waals surface area contributed by atoms with Crippen LogP contribution in [0, 0.1) is 12.8 Å². The van der Waals surface area contributed by atoms with E-state index in [-0.39, 0.29) is 5.92 Å². The molecule has 1 aliphatic heterocycles. The number of unbranched alkanes of at least 4 members (excludes halogenated alkanes) is 1. The number of ether oxygens (including phenoxy) is 2. The minimum absolute atomic E-state index is 0.207. The van der Waals surface area contributed by atoms with Crippen molar-refractivity contribution in [3.8, 4) is 11.5 Å². The molecule has 0 bridgehead atoms. The number of aryl methyl sites for hydroxylation is 1. The Morgan fingerprint density at radius 2 is 1.84 bits per heavy atom. The molecule has 0 saturated carbocycles. The molecule has 3 rings (SSSR count). The van der Waals surface area contributed by atoms with E-state index in [2.05, 4.69) is 0 Å². The molecule has 2 atom stereocenters. The van der Waals surface area contributed by atoms with Crippen LogP contribution in [0.1, 0.15) is 43.2 Å². The van der Waals surface area contributed by atoms with E-state index in [1.165, 1.54) is 4.90 Å². The number of rotatable bonds is 9. The predicted molar refractivity (Wildman–Crippen MR) is 120 cm³/mol. The molecule has 1 saturated heterocycles. The van der Waals surface area contributed by atoms with Gasteiger partial charge in [-0.1, -0.05) is 36.4 Å². The molecule has 1 aliphatic rings. The lowest BCUT2D eigenvalue weighted by Crippen LogP contribution is -2.48. The fourth-order valence-electron chi connectivity index (χ4n) is 4.44. The van der Waals surface area contributed by atoms with Gasteiger partial charge in [0, 0.05) is 38.3 Å². The Morgan fingerprint density at radius 3 is 2.55 bits per heavy atom. The lowest BCUT2D eigenvalue weighted by atomic mass is 9.73. The van der Waals surface area contributed by atoms with Crippen molar-refractivity contribution in [2.24, 2.45) is 5.92 Å². The highest BCUT2D eigenvalue weighted by Crippen LogP contribution is 2.44. The van der Waals surface area contributed by atoms with Crippen LogP contribution >= 0.6 is 0 Å². The lowest BCUT2D eigenvalue weighted by Gasteiger charge is -2.42. The smallest absolute Gasteiger partial charge is 0.407 e. The molecular formula is C25H33NO5. The van der Waals surface area contributed by atoms with Crippen LogP contribution in [0.25, 0.3) is 0 Å². The maximum Gasteiger partial charge on any atom is 0.407 e. The zero-order valence-electron chi connectivity index (χ0n) is 18.4. The van der Waals surface area contributed by atoms with Gasteiger partial charge < -0.3 is 24.6 Å². The molecule has 2 N–H and O–H groups in total. The molecule has 0 aliphatic carbocycles. The quantitative estimate of drug-likeness (QED) is 0.539. The van der Waals surface area contributed by atoms with Gasteiger partial charge in [0.15, 0.2) is 0 Å². The van der Waals surface area contributed by atoms with Crippen LogP contribution in [0.4, 0.5) is 4.79 Å². The van der Waals surface area contributed by atoms with Crippen molar-refractivity contribution < 1.29 is 24.5 Å². The summed E-state index contributed by atoms with van der Waals surface area (Å²) >= 11 is 0. The average molecular weight is 428 g/mol. The second-order valence-electron chi connectivity index (χ2n) is 8.31. The molecule has 0 radical (unpaired) electrons. The number of aliphatic hydroxyl groups is 1. The Hall–Kier alpha value is -2.57. The largest absolute Gasteiger partial charge is 0.465 e. The van der Waals surface area contributed by atoms with Crippen molar-refractivity contribution in [1.82, 2.24) is 4.90 Å². The van der Waals surface area contributed by atoms with Crippen molar-refractivity contribution >= 4 is 6.09 Å². The molecule has 2 aromatic carbocycles. The summed E-state index contributed by atoms with van der Waals surface area (Å²) in [6.07, 6.45) is 2.68. The molecule has 1 heterocycles. The van der Waals surface area contributed by atoms with Gasteiger partial charge in [0.1, 0.15) is 11.5 Å². The molecule has 0 spiro atoms. The molecular weight excluding hydrogens is 394 g/mol. The van der Waals surface area contributed by atoms with Crippen LogP contribution in [0.3, 0.4) is 0 Å². The standard InChI is InChI=1S/C25H33NO5/c1-19-10-3-5-13-22(19)31-23-14-6-4-12-21(23)25(29,15-7-8-17-30-2)20-11-9-16-26(18-20)24(27)28/h3-6,10,12-14,20,29H,7-9,11,15-18H2,1-2H3,(H,27,28). The Kier molecular flexibility index (Phi) is 7.93. The molecule has 0 aromatic heterocycles. The van der Waals surface area contributed by atoms with Crippen LogP contribution in [-0.2, 0) is 10.3 Å². The number of benzene rings is 2. The zero-order chi connectivity index (χ0) is 22.3. The van der Waals surface area contributed by atoms with Crippen molar-refractivity contribution in [1.29, 1.82) is 0 Å². The second kappa shape index (κ2) is 10.6. The topological polar surface area (TPSA) is 79.2 Å². The van der Waals surface area contributed by atoms with Gasteiger partial charge in [0.05, 0.1) is 5.60 Å². The van der Waals surface area contributed by atoms with E-state index in [1.807, 2.05) is 55.5 Å². The highest BCUT2D eigenvalue weighted by atomic mass is 16.5. The molecule has 168 valence electrons. The van der Waals surface area contributed by atoms with E-state index in [1.54, 1.807) is 7.11 Å². The van der Waals surface area contributed by atoms with Gasteiger partial charge in [-0.2, -0.15) is 0 Å². The highest BCUT2D eigenvalue weighted by molar-refractivity contribution is 5.65. The summed E-state index contributed by atoms with van der Waals surface area (Å²) in [5.41, 5.74) is 0.532. The maximum atomic E-state index is 12.1. The summed E-state index contributed by atoms with van der Waals surface area (Å²) in [4.78, 5) is 13.0. The lowest BCUT2D eigenvalue weighted by molar-refractivity contribution is -0.0596. The third kappa shape index (κ3) is 5.57. The minimum Gasteiger partial charge on any atom is -0.465 e. The van der Waals surface area contributed by atoms with Gasteiger partial charge in [-0.3, -0.25) is 0 Å². The number of amides is 1. The first kappa shape index (κ1) is 23.1. The van der Waals surface area contributed by atoms with Crippen LogP contribution in [0.2, 0.25) is 0 Å². The van der Waals surface area contributed by atoms with Crippen LogP contribution in [0.5, 0.6) is 11.5 Å². The number of carbonyl (C=O) groups is 1. The van der Waals surface area contributed by atoms with Gasteiger partial charge in [-0.05, 0) is 56.7 Å². The third-order valence-electron chi connectivity index (χ3n) is 6.19.